The Hall–Kier alpha value is -1.13. The molecule has 1 heterocycles. The Morgan fingerprint density at radius 1 is 1.38 bits per heavy atom. The van der Waals surface area contributed by atoms with Crippen molar-refractivity contribution in [3.8, 4) is 5.69 Å². The molecule has 84 valence electrons. The molecule has 2 N–H and O–H groups in total. The van der Waals surface area contributed by atoms with E-state index in [1.54, 1.807) is 12.5 Å². The Labute approximate surface area is 103 Å². The summed E-state index contributed by atoms with van der Waals surface area (Å²) in [4.78, 5) is 4.15. The van der Waals surface area contributed by atoms with Crippen LogP contribution < -0.4 is 5.73 Å². The van der Waals surface area contributed by atoms with Crippen LogP contribution in [0, 0.1) is 6.92 Å². The molecule has 0 amide bonds. The summed E-state index contributed by atoms with van der Waals surface area (Å²) in [5.41, 5.74) is 9.19. The van der Waals surface area contributed by atoms with Crippen LogP contribution in [0.3, 0.4) is 0 Å². The molecule has 3 nitrogen and oxygen atoms in total. The molecule has 2 aromatic rings. The molecule has 1 aromatic heterocycles. The fraction of sp³-hybridized carbons (Fsp3) is 0.250. The third kappa shape index (κ3) is 2.18. The largest absolute Gasteiger partial charge is 0.323 e. The number of hydrogen-bond acceptors (Lipinski definition) is 2. The molecule has 1 aromatic carbocycles. The van der Waals surface area contributed by atoms with E-state index in [0.717, 1.165) is 15.9 Å². The number of aryl methyl sites for hydroxylation is 1. The molecule has 4 heteroatoms. The number of nitrogens with two attached hydrogens (primary N) is 1. The van der Waals surface area contributed by atoms with Gasteiger partial charge in [0.1, 0.15) is 0 Å². The van der Waals surface area contributed by atoms with E-state index in [0.29, 0.717) is 0 Å². The van der Waals surface area contributed by atoms with Gasteiger partial charge < -0.3 is 10.3 Å². The molecule has 0 unspecified atom stereocenters. The van der Waals surface area contributed by atoms with Crippen molar-refractivity contribution in [3.05, 3.63) is 46.5 Å². The Bertz CT molecular complexity index is 482. The predicted molar refractivity (Wildman–Crippen MR) is 68.6 cm³/mol. The van der Waals surface area contributed by atoms with Gasteiger partial charge in [0.05, 0.1) is 18.2 Å². The van der Waals surface area contributed by atoms with Crippen molar-refractivity contribution in [3.63, 3.8) is 0 Å². The molecule has 0 radical (unpaired) electrons. The minimum Gasteiger partial charge on any atom is -0.323 e. The van der Waals surface area contributed by atoms with Crippen molar-refractivity contribution in [2.75, 3.05) is 0 Å². The normalized spacial score (nSPS) is 12.8. The van der Waals surface area contributed by atoms with Crippen molar-refractivity contribution in [2.45, 2.75) is 19.9 Å². The first-order valence-electron chi connectivity index (χ1n) is 5.13. The molecule has 16 heavy (non-hydrogen) atoms. The van der Waals surface area contributed by atoms with E-state index >= 15 is 0 Å². The monoisotopic (exact) mass is 279 g/mol. The van der Waals surface area contributed by atoms with Gasteiger partial charge in [0.2, 0.25) is 0 Å². The molecular formula is C12H14BrN3. The van der Waals surface area contributed by atoms with Crippen LogP contribution >= 0.6 is 15.9 Å². The summed E-state index contributed by atoms with van der Waals surface area (Å²) in [7, 11) is 0. The van der Waals surface area contributed by atoms with E-state index in [1.165, 1.54) is 5.56 Å². The first kappa shape index (κ1) is 11.4. The van der Waals surface area contributed by atoms with Crippen molar-refractivity contribution in [1.29, 1.82) is 0 Å². The number of imidazole rings is 1. The summed E-state index contributed by atoms with van der Waals surface area (Å²) in [5.74, 6) is 0. The highest BCUT2D eigenvalue weighted by atomic mass is 79.9. The van der Waals surface area contributed by atoms with Crippen LogP contribution in [0.4, 0.5) is 0 Å². The lowest BCUT2D eigenvalue weighted by molar-refractivity contribution is 0.752. The van der Waals surface area contributed by atoms with Gasteiger partial charge in [-0.05, 0) is 37.6 Å². The second-order valence-corrected chi connectivity index (χ2v) is 4.88. The Morgan fingerprint density at radius 2 is 2.12 bits per heavy atom. The van der Waals surface area contributed by atoms with Crippen molar-refractivity contribution >= 4 is 15.9 Å². The standard InChI is InChI=1S/C12H14BrN3/c1-8-3-10(13)5-11(4-8)16-7-15-6-12(16)9(2)14/h3-7,9H,14H2,1-2H3/t9-/m0/s1. The van der Waals surface area contributed by atoms with Crippen LogP contribution in [0.25, 0.3) is 5.69 Å². The summed E-state index contributed by atoms with van der Waals surface area (Å²) in [5, 5.41) is 0. The van der Waals surface area contributed by atoms with E-state index in [4.69, 9.17) is 5.73 Å². The number of rotatable bonds is 2. The van der Waals surface area contributed by atoms with Gasteiger partial charge in [0, 0.05) is 16.2 Å². The number of hydrogen-bond donors (Lipinski definition) is 1. The maximum atomic E-state index is 5.90. The molecule has 0 aliphatic rings. The van der Waals surface area contributed by atoms with Crippen LogP contribution in [0.1, 0.15) is 24.2 Å². The fourth-order valence-electron chi connectivity index (χ4n) is 1.71. The molecule has 0 aliphatic heterocycles. The molecular weight excluding hydrogens is 266 g/mol. The van der Waals surface area contributed by atoms with E-state index in [9.17, 15) is 0 Å². The molecule has 0 bridgehead atoms. The Kier molecular flexibility index (Phi) is 3.12. The molecule has 0 saturated heterocycles. The average molecular weight is 280 g/mol. The van der Waals surface area contributed by atoms with Gasteiger partial charge in [-0.3, -0.25) is 0 Å². The van der Waals surface area contributed by atoms with Gasteiger partial charge in [0.15, 0.2) is 0 Å². The van der Waals surface area contributed by atoms with Crippen LogP contribution in [0.2, 0.25) is 0 Å². The average Bonchev–Trinajstić information content (AvgIpc) is 2.63. The zero-order chi connectivity index (χ0) is 11.7. The summed E-state index contributed by atoms with van der Waals surface area (Å²) in [6, 6.07) is 6.21. The maximum Gasteiger partial charge on any atom is 0.0994 e. The third-order valence-electron chi connectivity index (χ3n) is 2.44. The number of benzene rings is 1. The molecule has 0 saturated carbocycles. The fourth-order valence-corrected chi connectivity index (χ4v) is 2.31. The lowest BCUT2D eigenvalue weighted by Crippen LogP contribution is -2.10. The van der Waals surface area contributed by atoms with Gasteiger partial charge >= 0.3 is 0 Å². The number of nitrogens with zero attached hydrogens (tertiary/aromatic N) is 2. The van der Waals surface area contributed by atoms with E-state index in [1.807, 2.05) is 11.5 Å². The minimum absolute atomic E-state index is 0.0261. The van der Waals surface area contributed by atoms with Gasteiger partial charge in [-0.25, -0.2) is 4.98 Å². The molecule has 0 spiro atoms. The van der Waals surface area contributed by atoms with Crippen molar-refractivity contribution in [1.82, 2.24) is 9.55 Å². The summed E-state index contributed by atoms with van der Waals surface area (Å²) in [6.07, 6.45) is 3.60. The zero-order valence-corrected chi connectivity index (χ0v) is 10.9. The SMILES string of the molecule is Cc1cc(Br)cc(-n2cncc2[C@H](C)N)c1. The lowest BCUT2D eigenvalue weighted by Gasteiger charge is -2.11. The summed E-state index contributed by atoms with van der Waals surface area (Å²) in [6.45, 7) is 4.02. The van der Waals surface area contributed by atoms with Gasteiger partial charge in [-0.2, -0.15) is 0 Å². The number of halogens is 1. The van der Waals surface area contributed by atoms with Crippen LogP contribution in [-0.4, -0.2) is 9.55 Å². The molecule has 1 atom stereocenters. The van der Waals surface area contributed by atoms with E-state index in [2.05, 4.69) is 46.0 Å². The maximum absolute atomic E-state index is 5.90. The smallest absolute Gasteiger partial charge is 0.0994 e. The van der Waals surface area contributed by atoms with Crippen molar-refractivity contribution in [2.24, 2.45) is 5.73 Å². The third-order valence-corrected chi connectivity index (χ3v) is 2.90. The summed E-state index contributed by atoms with van der Waals surface area (Å²) < 4.78 is 3.08. The quantitative estimate of drug-likeness (QED) is 0.919. The summed E-state index contributed by atoms with van der Waals surface area (Å²) >= 11 is 3.50. The Morgan fingerprint density at radius 3 is 2.75 bits per heavy atom. The van der Waals surface area contributed by atoms with Crippen LogP contribution in [0.5, 0.6) is 0 Å². The van der Waals surface area contributed by atoms with E-state index < -0.39 is 0 Å². The van der Waals surface area contributed by atoms with Crippen molar-refractivity contribution < 1.29 is 0 Å². The lowest BCUT2D eigenvalue weighted by atomic mass is 10.2. The highest BCUT2D eigenvalue weighted by Gasteiger charge is 2.08. The molecule has 0 fully saturated rings. The van der Waals surface area contributed by atoms with Gasteiger partial charge in [0.25, 0.3) is 0 Å². The minimum atomic E-state index is -0.0261. The van der Waals surface area contributed by atoms with Gasteiger partial charge in [-0.15, -0.1) is 0 Å². The van der Waals surface area contributed by atoms with Crippen LogP contribution in [0.15, 0.2) is 35.2 Å². The zero-order valence-electron chi connectivity index (χ0n) is 9.31. The molecule has 2 rings (SSSR count). The highest BCUT2D eigenvalue weighted by Crippen LogP contribution is 2.21. The topological polar surface area (TPSA) is 43.8 Å². The van der Waals surface area contributed by atoms with Gasteiger partial charge in [-0.1, -0.05) is 15.9 Å². The Balaban J connectivity index is 2.54. The number of aromatic nitrogens is 2. The van der Waals surface area contributed by atoms with E-state index in [-0.39, 0.29) is 6.04 Å². The highest BCUT2D eigenvalue weighted by molar-refractivity contribution is 9.10. The first-order chi connectivity index (χ1) is 7.58. The predicted octanol–water partition coefficient (Wildman–Crippen LogP) is 2.96. The second kappa shape index (κ2) is 4.39. The molecule has 0 aliphatic carbocycles. The first-order valence-corrected chi connectivity index (χ1v) is 5.92. The second-order valence-electron chi connectivity index (χ2n) is 3.96. The van der Waals surface area contributed by atoms with Crippen LogP contribution in [-0.2, 0) is 0 Å².